The first-order chi connectivity index (χ1) is 18.8. The predicted molar refractivity (Wildman–Crippen MR) is 153 cm³/mol. The number of carbonyl (C=O) groups is 1. The first-order valence-corrected chi connectivity index (χ1v) is 15.0. The van der Waals surface area contributed by atoms with Crippen molar-refractivity contribution in [1.82, 2.24) is 10.6 Å². The highest BCUT2D eigenvalue weighted by Crippen LogP contribution is 2.10. The molecular weight excluding hydrogens is 504 g/mol. The quantitative estimate of drug-likeness (QED) is 0.0520. The standard InChI is InChI=1S/C29H58N2O8/c1-2-3-4-5-6-7-8-9-10-11-12-13-14-15-16-17-27(36)31-19-18-30-20-24(33)22-39-23-26(35)29(38)28(37)25(34)21-32/h9-10,24-26,28-30,32-35,37-38H,2-8,11-23H2,1H3,(H,31,36)/b10-9-/t24?,25-,26+,28-,29-/m1/s1. The Morgan fingerprint density at radius 1 is 0.744 bits per heavy atom. The summed E-state index contributed by atoms with van der Waals surface area (Å²) in [6.07, 6.45) is 13.8. The number of allylic oxidation sites excluding steroid dienone is 2. The van der Waals surface area contributed by atoms with Crippen molar-refractivity contribution in [3.63, 3.8) is 0 Å². The SMILES string of the molecule is CCCCCCCC/C=C\CCCCCCCC(=O)NCCNCC(O)COC[C@H](O)[C@@H](O)[C@H](O)[C@H](O)CO. The fourth-order valence-corrected chi connectivity index (χ4v) is 4.05. The van der Waals surface area contributed by atoms with Gasteiger partial charge in [-0.1, -0.05) is 70.4 Å². The van der Waals surface area contributed by atoms with Gasteiger partial charge in [-0.05, 0) is 32.1 Å². The minimum absolute atomic E-state index is 0.0272. The van der Waals surface area contributed by atoms with Crippen LogP contribution in [0.4, 0.5) is 0 Å². The third-order valence-corrected chi connectivity index (χ3v) is 6.59. The molecule has 8 N–H and O–H groups in total. The fraction of sp³-hybridized carbons (Fsp3) is 0.897. The lowest BCUT2D eigenvalue weighted by atomic mass is 10.0. The molecule has 0 aliphatic carbocycles. The lowest BCUT2D eigenvalue weighted by molar-refractivity contribution is -0.131. The van der Waals surface area contributed by atoms with Gasteiger partial charge >= 0.3 is 0 Å². The number of aliphatic hydroxyl groups excluding tert-OH is 6. The smallest absolute Gasteiger partial charge is 0.220 e. The third kappa shape index (κ3) is 23.3. The van der Waals surface area contributed by atoms with E-state index in [4.69, 9.17) is 9.84 Å². The molecule has 0 saturated heterocycles. The van der Waals surface area contributed by atoms with E-state index in [2.05, 4.69) is 29.7 Å². The maximum absolute atomic E-state index is 11.9. The van der Waals surface area contributed by atoms with E-state index in [9.17, 15) is 30.3 Å². The van der Waals surface area contributed by atoms with E-state index >= 15 is 0 Å². The molecule has 0 aliphatic heterocycles. The van der Waals surface area contributed by atoms with Crippen LogP contribution in [0.3, 0.4) is 0 Å². The minimum atomic E-state index is -1.72. The van der Waals surface area contributed by atoms with Crippen molar-refractivity contribution in [2.45, 2.75) is 127 Å². The molecule has 0 saturated carbocycles. The maximum atomic E-state index is 11.9. The van der Waals surface area contributed by atoms with E-state index in [1.165, 1.54) is 57.8 Å². The van der Waals surface area contributed by atoms with Gasteiger partial charge in [-0.15, -0.1) is 0 Å². The molecule has 10 heteroatoms. The summed E-state index contributed by atoms with van der Waals surface area (Å²) < 4.78 is 5.13. The molecule has 5 atom stereocenters. The highest BCUT2D eigenvalue weighted by molar-refractivity contribution is 5.75. The van der Waals surface area contributed by atoms with E-state index in [1.807, 2.05) is 0 Å². The molecule has 0 fully saturated rings. The highest BCUT2D eigenvalue weighted by atomic mass is 16.5. The van der Waals surface area contributed by atoms with Crippen LogP contribution in [0.15, 0.2) is 12.2 Å². The summed E-state index contributed by atoms with van der Waals surface area (Å²) in [7, 11) is 0. The van der Waals surface area contributed by atoms with Crippen molar-refractivity contribution < 1.29 is 40.2 Å². The Morgan fingerprint density at radius 2 is 1.31 bits per heavy atom. The fourth-order valence-electron chi connectivity index (χ4n) is 4.05. The van der Waals surface area contributed by atoms with Gasteiger partial charge in [-0.25, -0.2) is 0 Å². The first kappa shape index (κ1) is 37.9. The number of nitrogens with one attached hydrogen (secondary N) is 2. The summed E-state index contributed by atoms with van der Waals surface area (Å²) in [5.41, 5.74) is 0. The van der Waals surface area contributed by atoms with Gasteiger partial charge in [0.15, 0.2) is 0 Å². The minimum Gasteiger partial charge on any atom is -0.394 e. The van der Waals surface area contributed by atoms with Crippen molar-refractivity contribution in [1.29, 1.82) is 0 Å². The summed E-state index contributed by atoms with van der Waals surface area (Å²) >= 11 is 0. The van der Waals surface area contributed by atoms with Crippen LogP contribution in [0.1, 0.15) is 96.8 Å². The molecule has 1 amide bonds. The average molecular weight is 563 g/mol. The van der Waals surface area contributed by atoms with Crippen LogP contribution in [0.2, 0.25) is 0 Å². The van der Waals surface area contributed by atoms with Crippen LogP contribution >= 0.6 is 0 Å². The van der Waals surface area contributed by atoms with Gasteiger partial charge in [-0.2, -0.15) is 0 Å². The number of carbonyl (C=O) groups excluding carboxylic acids is 1. The summed E-state index contributed by atoms with van der Waals surface area (Å²) in [5.74, 6) is 0.0272. The number of ether oxygens (including phenoxy) is 1. The number of aliphatic hydroxyl groups is 6. The van der Waals surface area contributed by atoms with Crippen LogP contribution in [-0.4, -0.2) is 107 Å². The molecule has 0 aromatic carbocycles. The summed E-state index contributed by atoms with van der Waals surface area (Å²) in [6.45, 7) is 2.17. The van der Waals surface area contributed by atoms with Gasteiger partial charge in [-0.3, -0.25) is 4.79 Å². The van der Waals surface area contributed by atoms with Crippen molar-refractivity contribution in [2.24, 2.45) is 0 Å². The van der Waals surface area contributed by atoms with Gasteiger partial charge in [0, 0.05) is 26.1 Å². The second kappa shape index (κ2) is 27.1. The second-order valence-corrected chi connectivity index (χ2v) is 10.4. The average Bonchev–Trinajstić information content (AvgIpc) is 2.93. The Hall–Kier alpha value is -1.11. The Balaban J connectivity index is 3.53. The zero-order valence-corrected chi connectivity index (χ0v) is 24.2. The highest BCUT2D eigenvalue weighted by Gasteiger charge is 2.30. The largest absolute Gasteiger partial charge is 0.394 e. The zero-order chi connectivity index (χ0) is 29.1. The van der Waals surface area contributed by atoms with Crippen LogP contribution in [0, 0.1) is 0 Å². The van der Waals surface area contributed by atoms with E-state index in [-0.39, 0.29) is 25.7 Å². The zero-order valence-electron chi connectivity index (χ0n) is 24.2. The lowest BCUT2D eigenvalue weighted by Gasteiger charge is -2.25. The van der Waals surface area contributed by atoms with E-state index in [0.717, 1.165) is 25.7 Å². The van der Waals surface area contributed by atoms with E-state index in [0.29, 0.717) is 19.5 Å². The number of unbranched alkanes of at least 4 members (excludes halogenated alkanes) is 11. The predicted octanol–water partition coefficient (Wildman–Crippen LogP) is 1.54. The molecule has 0 radical (unpaired) electrons. The van der Waals surface area contributed by atoms with Crippen molar-refractivity contribution in [2.75, 3.05) is 39.5 Å². The Kier molecular flexibility index (Phi) is 26.3. The monoisotopic (exact) mass is 562 g/mol. The maximum Gasteiger partial charge on any atom is 0.220 e. The van der Waals surface area contributed by atoms with Crippen molar-refractivity contribution in [3.8, 4) is 0 Å². The molecule has 0 heterocycles. The van der Waals surface area contributed by atoms with Crippen LogP contribution < -0.4 is 10.6 Å². The van der Waals surface area contributed by atoms with E-state index < -0.39 is 37.1 Å². The third-order valence-electron chi connectivity index (χ3n) is 6.59. The molecule has 1 unspecified atom stereocenters. The van der Waals surface area contributed by atoms with E-state index in [1.54, 1.807) is 0 Å². The van der Waals surface area contributed by atoms with Gasteiger partial charge in [0.05, 0.1) is 25.9 Å². The summed E-state index contributed by atoms with van der Waals surface area (Å²) in [5, 5.41) is 62.8. The van der Waals surface area contributed by atoms with Crippen molar-refractivity contribution in [3.05, 3.63) is 12.2 Å². The summed E-state index contributed by atoms with van der Waals surface area (Å²) in [4.78, 5) is 11.9. The molecule has 0 bridgehead atoms. The Labute approximate surface area is 235 Å². The molecule has 0 rings (SSSR count). The number of hydrogen-bond acceptors (Lipinski definition) is 9. The van der Waals surface area contributed by atoms with Crippen molar-refractivity contribution >= 4 is 5.91 Å². The van der Waals surface area contributed by atoms with Crippen LogP contribution in [-0.2, 0) is 9.53 Å². The van der Waals surface area contributed by atoms with Gasteiger partial charge in [0.1, 0.15) is 24.4 Å². The van der Waals surface area contributed by atoms with Gasteiger partial charge < -0.3 is 46.0 Å². The van der Waals surface area contributed by atoms with Crippen LogP contribution in [0.25, 0.3) is 0 Å². The molecule has 0 spiro atoms. The Bertz CT molecular complexity index is 581. The number of rotatable bonds is 28. The molecule has 0 aliphatic rings. The topological polar surface area (TPSA) is 172 Å². The Morgan fingerprint density at radius 3 is 1.92 bits per heavy atom. The molecule has 0 aromatic rings. The second-order valence-electron chi connectivity index (χ2n) is 10.4. The number of amides is 1. The lowest BCUT2D eigenvalue weighted by Crippen LogP contribution is -2.47. The molecule has 10 nitrogen and oxygen atoms in total. The normalized spacial score (nSPS) is 15.8. The molecule has 232 valence electrons. The van der Waals surface area contributed by atoms with Gasteiger partial charge in [0.25, 0.3) is 0 Å². The molecule has 0 aromatic heterocycles. The molecular formula is C29H58N2O8. The summed E-state index contributed by atoms with van der Waals surface area (Å²) in [6, 6.07) is 0. The molecule has 39 heavy (non-hydrogen) atoms. The van der Waals surface area contributed by atoms with Gasteiger partial charge in [0.2, 0.25) is 5.91 Å². The number of hydrogen-bond donors (Lipinski definition) is 8. The first-order valence-electron chi connectivity index (χ1n) is 15.0. The van der Waals surface area contributed by atoms with Crippen LogP contribution in [0.5, 0.6) is 0 Å².